The summed E-state index contributed by atoms with van der Waals surface area (Å²) in [6.45, 7) is 11.3. The van der Waals surface area contributed by atoms with E-state index in [0.29, 0.717) is 24.4 Å². The van der Waals surface area contributed by atoms with Gasteiger partial charge in [0.25, 0.3) is 0 Å². The van der Waals surface area contributed by atoms with Crippen molar-refractivity contribution >= 4 is 23.6 Å². The first kappa shape index (κ1) is 27.2. The maximum Gasteiger partial charge on any atom is 0.318 e. The molecule has 8 heteroatoms. The fraction of sp³-hybridized carbons (Fsp3) is 0.714. The second-order valence-electron chi connectivity index (χ2n) is 13.1. The van der Waals surface area contributed by atoms with E-state index in [1.165, 1.54) is 0 Å². The number of rotatable bonds is 7. The molecule has 0 radical (unpaired) electrons. The van der Waals surface area contributed by atoms with Crippen LogP contribution >= 0.6 is 11.6 Å². The van der Waals surface area contributed by atoms with Crippen molar-refractivity contribution in [2.45, 2.75) is 84.6 Å². The number of nitrogens with one attached hydrogen (secondary N) is 1. The van der Waals surface area contributed by atoms with Gasteiger partial charge in [0.15, 0.2) is 0 Å². The van der Waals surface area contributed by atoms with Crippen molar-refractivity contribution in [1.82, 2.24) is 10.2 Å². The SMILES string of the molecule is CC(C)(C)CCc1ccc([C@]2(C)NC(=O)N(CC3CC(F)(F)C3)CC2(C)[C@H]2C[C@@H](C(=O)O)C2)cc1Cl. The smallest absolute Gasteiger partial charge is 0.318 e. The number of hydrogen-bond acceptors (Lipinski definition) is 2. The Morgan fingerprint density at radius 3 is 2.39 bits per heavy atom. The highest BCUT2D eigenvalue weighted by atomic mass is 35.5. The van der Waals surface area contributed by atoms with Crippen LogP contribution < -0.4 is 5.32 Å². The zero-order valence-corrected chi connectivity index (χ0v) is 22.7. The number of carboxylic acids is 1. The van der Waals surface area contributed by atoms with Crippen molar-refractivity contribution in [1.29, 1.82) is 0 Å². The number of benzene rings is 1. The largest absolute Gasteiger partial charge is 0.481 e. The Hall–Kier alpha value is -1.89. The predicted octanol–water partition coefficient (Wildman–Crippen LogP) is 6.72. The van der Waals surface area contributed by atoms with Gasteiger partial charge in [0.05, 0.1) is 11.5 Å². The summed E-state index contributed by atoms with van der Waals surface area (Å²) in [6, 6.07) is 5.73. The standard InChI is InChI=1S/C28H39ClF2N2O3/c1-25(2,3)9-8-18-6-7-20(12-22(18)29)27(5)26(4,21-10-19(11-21)23(34)35)16-33(24(36)32-27)15-17-13-28(30,31)14-17/h6-7,12,17,19,21H,8-11,13-16H2,1-5H3,(H,32,36)(H,34,35)/t19-,21+,26?,27-/m0/s1. The number of nitrogens with zero attached hydrogens (tertiary/aromatic N) is 1. The lowest BCUT2D eigenvalue weighted by Crippen LogP contribution is -2.70. The Balaban J connectivity index is 1.61. The van der Waals surface area contributed by atoms with Crippen molar-refractivity contribution in [3.8, 4) is 0 Å². The predicted molar refractivity (Wildman–Crippen MR) is 136 cm³/mol. The van der Waals surface area contributed by atoms with Crippen LogP contribution in [0.25, 0.3) is 0 Å². The van der Waals surface area contributed by atoms with Gasteiger partial charge in [-0.15, -0.1) is 0 Å². The molecular formula is C28H39ClF2N2O3. The number of aryl methyl sites for hydroxylation is 1. The zero-order valence-electron chi connectivity index (χ0n) is 22.0. The molecule has 2 amide bonds. The van der Waals surface area contributed by atoms with Crippen molar-refractivity contribution in [2.75, 3.05) is 13.1 Å². The van der Waals surface area contributed by atoms with E-state index in [-0.39, 0.29) is 42.7 Å². The molecule has 5 nitrogen and oxygen atoms in total. The summed E-state index contributed by atoms with van der Waals surface area (Å²) in [5, 5.41) is 13.4. The molecule has 2 aliphatic carbocycles. The van der Waals surface area contributed by atoms with E-state index in [1.54, 1.807) is 4.90 Å². The fourth-order valence-electron chi connectivity index (χ4n) is 6.28. The third-order valence-corrected chi connectivity index (χ3v) is 9.47. The molecule has 4 rings (SSSR count). The summed E-state index contributed by atoms with van der Waals surface area (Å²) >= 11 is 6.74. The zero-order chi connectivity index (χ0) is 26.7. The third kappa shape index (κ3) is 5.09. The monoisotopic (exact) mass is 524 g/mol. The molecule has 1 aromatic carbocycles. The Kier molecular flexibility index (Phi) is 6.89. The minimum atomic E-state index is -2.64. The van der Waals surface area contributed by atoms with E-state index in [2.05, 4.69) is 33.0 Å². The van der Waals surface area contributed by atoms with Crippen LogP contribution in [0.5, 0.6) is 0 Å². The summed E-state index contributed by atoms with van der Waals surface area (Å²) in [6.07, 6.45) is 2.52. The van der Waals surface area contributed by atoms with Crippen LogP contribution in [0.3, 0.4) is 0 Å². The minimum Gasteiger partial charge on any atom is -0.481 e. The van der Waals surface area contributed by atoms with Crippen LogP contribution in [0.15, 0.2) is 18.2 Å². The van der Waals surface area contributed by atoms with Crippen molar-refractivity contribution in [3.63, 3.8) is 0 Å². The van der Waals surface area contributed by atoms with Crippen LogP contribution in [0.2, 0.25) is 5.02 Å². The van der Waals surface area contributed by atoms with E-state index in [9.17, 15) is 23.5 Å². The number of hydrogen-bond donors (Lipinski definition) is 2. The van der Waals surface area contributed by atoms with E-state index < -0.39 is 28.8 Å². The van der Waals surface area contributed by atoms with Gasteiger partial charge in [0.2, 0.25) is 5.92 Å². The van der Waals surface area contributed by atoms with E-state index in [1.807, 2.05) is 25.1 Å². The molecule has 36 heavy (non-hydrogen) atoms. The van der Waals surface area contributed by atoms with Gasteiger partial charge in [0.1, 0.15) is 0 Å². The van der Waals surface area contributed by atoms with Crippen LogP contribution in [-0.2, 0) is 16.8 Å². The number of aliphatic carboxylic acids is 1. The highest BCUT2D eigenvalue weighted by Crippen LogP contribution is 2.56. The summed E-state index contributed by atoms with van der Waals surface area (Å²) in [7, 11) is 0. The maximum absolute atomic E-state index is 13.5. The Labute approximate surface area is 218 Å². The number of halogens is 3. The van der Waals surface area contributed by atoms with Gasteiger partial charge in [-0.25, -0.2) is 13.6 Å². The summed E-state index contributed by atoms with van der Waals surface area (Å²) in [4.78, 5) is 26.5. The second kappa shape index (κ2) is 9.14. The molecule has 0 aromatic heterocycles. The van der Waals surface area contributed by atoms with Gasteiger partial charge < -0.3 is 15.3 Å². The number of alkyl halides is 2. The molecule has 2 atom stereocenters. The lowest BCUT2D eigenvalue weighted by molar-refractivity contribution is -0.152. The highest BCUT2D eigenvalue weighted by Gasteiger charge is 2.60. The molecule has 0 bridgehead atoms. The topological polar surface area (TPSA) is 69.6 Å². The Morgan fingerprint density at radius 2 is 1.86 bits per heavy atom. The first-order valence-corrected chi connectivity index (χ1v) is 13.4. The number of carbonyl (C=O) groups excluding carboxylic acids is 1. The second-order valence-corrected chi connectivity index (χ2v) is 13.5. The number of amides is 2. The average molecular weight is 525 g/mol. The lowest BCUT2D eigenvalue weighted by atomic mass is 9.52. The molecule has 1 heterocycles. The number of carboxylic acid groups (broad SMARTS) is 1. The van der Waals surface area contributed by atoms with Crippen molar-refractivity contribution in [3.05, 3.63) is 34.3 Å². The average Bonchev–Trinajstić information content (AvgIpc) is 2.67. The van der Waals surface area contributed by atoms with Crippen LogP contribution in [0, 0.1) is 28.6 Å². The van der Waals surface area contributed by atoms with Gasteiger partial charge in [-0.3, -0.25) is 4.79 Å². The highest BCUT2D eigenvalue weighted by molar-refractivity contribution is 6.31. The van der Waals surface area contributed by atoms with E-state index >= 15 is 0 Å². The van der Waals surface area contributed by atoms with Crippen LogP contribution in [0.1, 0.15) is 77.8 Å². The Bertz CT molecular complexity index is 1030. The molecule has 200 valence electrons. The summed E-state index contributed by atoms with van der Waals surface area (Å²) in [5.41, 5.74) is 0.837. The number of urea groups is 1. The maximum atomic E-state index is 13.5. The lowest BCUT2D eigenvalue weighted by Gasteiger charge is -2.60. The molecule has 1 saturated heterocycles. The number of carbonyl (C=O) groups is 2. The van der Waals surface area contributed by atoms with Gasteiger partial charge in [-0.1, -0.05) is 51.4 Å². The normalized spacial score (nSPS) is 32.4. The molecule has 3 fully saturated rings. The molecular weight excluding hydrogens is 486 g/mol. The molecule has 3 aliphatic rings. The van der Waals surface area contributed by atoms with Crippen LogP contribution in [-0.4, -0.2) is 41.0 Å². The molecule has 0 spiro atoms. The first-order valence-electron chi connectivity index (χ1n) is 13.0. The molecule has 2 saturated carbocycles. The summed E-state index contributed by atoms with van der Waals surface area (Å²) < 4.78 is 26.9. The van der Waals surface area contributed by atoms with E-state index in [0.717, 1.165) is 24.0 Å². The van der Waals surface area contributed by atoms with Crippen molar-refractivity contribution in [2.24, 2.45) is 28.6 Å². The first-order chi connectivity index (χ1) is 16.5. The van der Waals surface area contributed by atoms with Crippen molar-refractivity contribution < 1.29 is 23.5 Å². The molecule has 2 N–H and O–H groups in total. The minimum absolute atomic E-state index is 0.0638. The molecule has 1 aliphatic heterocycles. The third-order valence-electron chi connectivity index (χ3n) is 9.12. The van der Waals surface area contributed by atoms with E-state index in [4.69, 9.17) is 11.6 Å². The molecule has 1 unspecified atom stereocenters. The summed E-state index contributed by atoms with van der Waals surface area (Å²) in [5.74, 6) is -3.98. The Morgan fingerprint density at radius 1 is 1.22 bits per heavy atom. The van der Waals surface area contributed by atoms with Gasteiger partial charge >= 0.3 is 12.0 Å². The quantitative estimate of drug-likeness (QED) is 0.416. The van der Waals surface area contributed by atoms with Gasteiger partial charge in [-0.05, 0) is 67.1 Å². The van der Waals surface area contributed by atoms with Gasteiger partial charge in [0, 0.05) is 36.4 Å². The molecule has 1 aromatic rings. The van der Waals surface area contributed by atoms with Gasteiger partial charge in [-0.2, -0.15) is 0 Å². The van der Waals surface area contributed by atoms with Crippen LogP contribution in [0.4, 0.5) is 13.6 Å². The fourth-order valence-corrected chi connectivity index (χ4v) is 6.56.